The molecular formula is C25H31N3O2. The van der Waals surface area contributed by atoms with Crippen molar-refractivity contribution in [2.75, 3.05) is 0 Å². The Kier molecular flexibility index (Phi) is 5.65. The lowest BCUT2D eigenvalue weighted by molar-refractivity contribution is -0.132. The van der Waals surface area contributed by atoms with Crippen molar-refractivity contribution < 1.29 is 9.59 Å². The van der Waals surface area contributed by atoms with Crippen molar-refractivity contribution in [1.82, 2.24) is 16.0 Å². The molecule has 4 rings (SSSR count). The Morgan fingerprint density at radius 1 is 1.00 bits per heavy atom. The summed E-state index contributed by atoms with van der Waals surface area (Å²) in [5, 5.41) is 9.44. The molecule has 2 aromatic rings. The average Bonchev–Trinajstić information content (AvgIpc) is 3.57. The van der Waals surface area contributed by atoms with Gasteiger partial charge in [-0.15, -0.1) is 0 Å². The third-order valence-electron chi connectivity index (χ3n) is 5.98. The fourth-order valence-corrected chi connectivity index (χ4v) is 4.12. The van der Waals surface area contributed by atoms with Crippen molar-refractivity contribution in [3.63, 3.8) is 0 Å². The quantitative estimate of drug-likeness (QED) is 0.706. The molecule has 2 aliphatic rings. The van der Waals surface area contributed by atoms with Crippen LogP contribution in [0, 0.1) is 5.41 Å². The normalized spacial score (nSPS) is 22.8. The molecule has 2 aromatic carbocycles. The summed E-state index contributed by atoms with van der Waals surface area (Å²) >= 11 is 0. The molecule has 2 unspecified atom stereocenters. The van der Waals surface area contributed by atoms with Gasteiger partial charge in [0.2, 0.25) is 11.8 Å². The fourth-order valence-electron chi connectivity index (χ4n) is 4.12. The van der Waals surface area contributed by atoms with Gasteiger partial charge in [0.25, 0.3) is 0 Å². The summed E-state index contributed by atoms with van der Waals surface area (Å²) in [4.78, 5) is 25.5. The van der Waals surface area contributed by atoms with E-state index >= 15 is 0 Å². The van der Waals surface area contributed by atoms with Gasteiger partial charge in [-0.2, -0.15) is 0 Å². The van der Waals surface area contributed by atoms with Gasteiger partial charge in [-0.25, -0.2) is 0 Å². The predicted octanol–water partition coefficient (Wildman–Crippen LogP) is 3.94. The van der Waals surface area contributed by atoms with Gasteiger partial charge in [0.15, 0.2) is 0 Å². The third-order valence-corrected chi connectivity index (χ3v) is 5.98. The van der Waals surface area contributed by atoms with E-state index in [0.29, 0.717) is 5.92 Å². The molecule has 2 amide bonds. The second-order valence-corrected chi connectivity index (χ2v) is 9.58. The molecule has 30 heavy (non-hydrogen) atoms. The van der Waals surface area contributed by atoms with Crippen LogP contribution in [0.5, 0.6) is 0 Å². The van der Waals surface area contributed by atoms with Gasteiger partial charge in [-0.05, 0) is 40.9 Å². The lowest BCUT2D eigenvalue weighted by Crippen LogP contribution is -2.57. The summed E-state index contributed by atoms with van der Waals surface area (Å²) in [5.41, 5.74) is 3.26. The monoisotopic (exact) mass is 405 g/mol. The molecule has 1 heterocycles. The van der Waals surface area contributed by atoms with Gasteiger partial charge in [0.1, 0.15) is 6.17 Å². The number of hydrogen-bond acceptors (Lipinski definition) is 3. The van der Waals surface area contributed by atoms with Crippen LogP contribution in [0.3, 0.4) is 0 Å². The number of benzene rings is 2. The van der Waals surface area contributed by atoms with Crippen LogP contribution in [0.25, 0.3) is 0 Å². The van der Waals surface area contributed by atoms with Gasteiger partial charge < -0.3 is 10.6 Å². The number of hydrogen-bond donors (Lipinski definition) is 3. The van der Waals surface area contributed by atoms with E-state index in [2.05, 4.69) is 61.0 Å². The summed E-state index contributed by atoms with van der Waals surface area (Å²) in [6.07, 6.45) is 2.31. The molecule has 1 aliphatic carbocycles. The van der Waals surface area contributed by atoms with Crippen LogP contribution in [-0.2, 0) is 9.59 Å². The van der Waals surface area contributed by atoms with Crippen LogP contribution in [0.4, 0.5) is 0 Å². The molecule has 0 bridgehead atoms. The summed E-state index contributed by atoms with van der Waals surface area (Å²) in [6.45, 7) is 6.38. The highest BCUT2D eigenvalue weighted by Gasteiger charge is 2.35. The molecule has 0 spiro atoms. The Morgan fingerprint density at radius 3 is 2.27 bits per heavy atom. The largest absolute Gasteiger partial charge is 0.347 e. The number of nitrogens with one attached hydrogen (secondary N) is 3. The van der Waals surface area contributed by atoms with Gasteiger partial charge in [0, 0.05) is 0 Å². The molecule has 1 saturated carbocycles. The maximum absolute atomic E-state index is 13.2. The first-order chi connectivity index (χ1) is 14.3. The van der Waals surface area contributed by atoms with Crippen molar-refractivity contribution in [3.05, 3.63) is 71.3 Å². The zero-order chi connectivity index (χ0) is 21.3. The van der Waals surface area contributed by atoms with Gasteiger partial charge >= 0.3 is 0 Å². The van der Waals surface area contributed by atoms with E-state index in [1.54, 1.807) is 0 Å². The summed E-state index contributed by atoms with van der Waals surface area (Å²) < 4.78 is 0. The minimum atomic E-state index is -0.570. The van der Waals surface area contributed by atoms with Crippen LogP contribution in [0.1, 0.15) is 74.8 Å². The molecule has 5 nitrogen and oxygen atoms in total. The van der Waals surface area contributed by atoms with E-state index in [4.69, 9.17) is 0 Å². The topological polar surface area (TPSA) is 70.2 Å². The average molecular weight is 406 g/mol. The van der Waals surface area contributed by atoms with E-state index in [9.17, 15) is 9.59 Å². The first kappa shape index (κ1) is 20.6. The SMILES string of the molecule is CC(C)(C)[C@@H](NC(=O)C1CC(=O)NC(c2ccccc2)N1)c1ccc(C2CC2)cc1. The molecule has 1 aliphatic heterocycles. The van der Waals surface area contributed by atoms with Gasteiger partial charge in [-0.3, -0.25) is 14.9 Å². The molecule has 3 N–H and O–H groups in total. The maximum Gasteiger partial charge on any atom is 0.238 e. The smallest absolute Gasteiger partial charge is 0.238 e. The molecule has 2 fully saturated rings. The highest BCUT2D eigenvalue weighted by molar-refractivity contribution is 5.90. The van der Waals surface area contributed by atoms with Crippen LogP contribution in [0.15, 0.2) is 54.6 Å². The molecule has 1 saturated heterocycles. The lowest BCUT2D eigenvalue weighted by atomic mass is 9.81. The Hall–Kier alpha value is -2.66. The van der Waals surface area contributed by atoms with Crippen LogP contribution in [0.2, 0.25) is 0 Å². The second-order valence-electron chi connectivity index (χ2n) is 9.58. The van der Waals surface area contributed by atoms with Crippen molar-refractivity contribution in [2.45, 2.75) is 64.2 Å². The van der Waals surface area contributed by atoms with E-state index in [1.165, 1.54) is 18.4 Å². The van der Waals surface area contributed by atoms with Gasteiger partial charge in [0.05, 0.1) is 18.5 Å². The predicted molar refractivity (Wildman–Crippen MR) is 118 cm³/mol. The van der Waals surface area contributed by atoms with Gasteiger partial charge in [-0.1, -0.05) is 75.4 Å². The molecule has 3 atom stereocenters. The lowest BCUT2D eigenvalue weighted by Gasteiger charge is -2.36. The molecular weight excluding hydrogens is 374 g/mol. The number of amides is 2. The fraction of sp³-hybridized carbons (Fsp3) is 0.440. The van der Waals surface area contributed by atoms with Crippen molar-refractivity contribution in [3.8, 4) is 0 Å². The number of carbonyl (C=O) groups is 2. The number of carbonyl (C=O) groups excluding carboxylic acids is 2. The molecule has 5 heteroatoms. The third kappa shape index (κ3) is 4.73. The zero-order valence-electron chi connectivity index (χ0n) is 17.9. The summed E-state index contributed by atoms with van der Waals surface area (Å²) in [6, 6.07) is 17.6. The minimum Gasteiger partial charge on any atom is -0.347 e. The Labute approximate surface area is 178 Å². The Bertz CT molecular complexity index is 898. The maximum atomic E-state index is 13.2. The highest BCUT2D eigenvalue weighted by Crippen LogP contribution is 2.41. The summed E-state index contributed by atoms with van der Waals surface area (Å²) in [5.74, 6) is 0.447. The van der Waals surface area contributed by atoms with Crippen molar-refractivity contribution in [2.24, 2.45) is 5.41 Å². The Morgan fingerprint density at radius 2 is 1.67 bits per heavy atom. The number of rotatable bonds is 5. The van der Waals surface area contributed by atoms with E-state index in [1.807, 2.05) is 30.3 Å². The molecule has 0 radical (unpaired) electrons. The first-order valence-electron chi connectivity index (χ1n) is 10.8. The zero-order valence-corrected chi connectivity index (χ0v) is 17.9. The summed E-state index contributed by atoms with van der Waals surface area (Å²) in [7, 11) is 0. The van der Waals surface area contributed by atoms with E-state index < -0.39 is 6.04 Å². The first-order valence-corrected chi connectivity index (χ1v) is 10.8. The van der Waals surface area contributed by atoms with Crippen LogP contribution >= 0.6 is 0 Å². The minimum absolute atomic E-state index is 0.121. The van der Waals surface area contributed by atoms with Crippen molar-refractivity contribution >= 4 is 11.8 Å². The standard InChI is InChI=1S/C25H31N3O2/c1-25(2,3)22(18-13-11-17(12-14-18)16-9-10-16)28-24(30)20-15-21(29)27-23(26-20)19-7-5-4-6-8-19/h4-8,11-14,16,20,22-23,26H,9-10,15H2,1-3H3,(H,27,29)(H,28,30)/t20?,22-,23?/m0/s1. The van der Waals surface area contributed by atoms with E-state index in [-0.39, 0.29) is 35.9 Å². The molecule has 158 valence electrons. The second kappa shape index (κ2) is 8.23. The van der Waals surface area contributed by atoms with Crippen LogP contribution in [-0.4, -0.2) is 17.9 Å². The highest BCUT2D eigenvalue weighted by atomic mass is 16.2. The molecule has 0 aromatic heterocycles. The Balaban J connectivity index is 1.49. The van der Waals surface area contributed by atoms with Crippen molar-refractivity contribution in [1.29, 1.82) is 0 Å². The van der Waals surface area contributed by atoms with Crippen LogP contribution < -0.4 is 16.0 Å². The van der Waals surface area contributed by atoms with E-state index in [0.717, 1.165) is 11.1 Å².